The van der Waals surface area contributed by atoms with Crippen molar-refractivity contribution in [1.29, 1.82) is 0 Å². The Balaban J connectivity index is 1.85. The SMILES string of the molecule is CC1(C(=O)O)CC(CNC(=O)c2ccccc2)CO1. The molecule has 102 valence electrons. The number of carbonyl (C=O) groups excluding carboxylic acids is 1. The van der Waals surface area contributed by atoms with Crippen molar-refractivity contribution < 1.29 is 19.4 Å². The first kappa shape index (κ1) is 13.5. The van der Waals surface area contributed by atoms with Crippen LogP contribution in [0.3, 0.4) is 0 Å². The van der Waals surface area contributed by atoms with Crippen LogP contribution in [0.4, 0.5) is 0 Å². The minimum Gasteiger partial charge on any atom is -0.479 e. The molecule has 1 amide bonds. The van der Waals surface area contributed by atoms with Gasteiger partial charge in [0.2, 0.25) is 0 Å². The Morgan fingerprint density at radius 1 is 1.42 bits per heavy atom. The first-order valence-electron chi connectivity index (χ1n) is 6.22. The highest BCUT2D eigenvalue weighted by Gasteiger charge is 2.42. The number of carbonyl (C=O) groups is 2. The minimum atomic E-state index is -1.12. The molecule has 1 aliphatic rings. The Morgan fingerprint density at radius 3 is 2.68 bits per heavy atom. The zero-order valence-electron chi connectivity index (χ0n) is 10.8. The van der Waals surface area contributed by atoms with Crippen LogP contribution in [0.25, 0.3) is 0 Å². The number of hydrogen-bond acceptors (Lipinski definition) is 3. The molecule has 0 aromatic heterocycles. The van der Waals surface area contributed by atoms with Gasteiger partial charge in [-0.1, -0.05) is 18.2 Å². The lowest BCUT2D eigenvalue weighted by molar-refractivity contribution is -0.157. The molecule has 0 radical (unpaired) electrons. The molecule has 0 spiro atoms. The van der Waals surface area contributed by atoms with E-state index in [-0.39, 0.29) is 11.8 Å². The van der Waals surface area contributed by atoms with Crippen LogP contribution in [-0.2, 0) is 9.53 Å². The van der Waals surface area contributed by atoms with Gasteiger partial charge in [-0.25, -0.2) is 4.79 Å². The minimum absolute atomic E-state index is 0.0359. The van der Waals surface area contributed by atoms with Crippen molar-refractivity contribution in [2.24, 2.45) is 5.92 Å². The van der Waals surface area contributed by atoms with E-state index >= 15 is 0 Å². The van der Waals surface area contributed by atoms with Gasteiger partial charge in [-0.05, 0) is 25.5 Å². The molecule has 1 aromatic carbocycles. The van der Waals surface area contributed by atoms with Crippen molar-refractivity contribution in [2.75, 3.05) is 13.2 Å². The summed E-state index contributed by atoms with van der Waals surface area (Å²) in [5, 5.41) is 11.8. The molecule has 1 heterocycles. The highest BCUT2D eigenvalue weighted by Crippen LogP contribution is 2.29. The van der Waals surface area contributed by atoms with Crippen LogP contribution in [0, 0.1) is 5.92 Å². The molecule has 5 heteroatoms. The number of carboxylic acid groups (broad SMARTS) is 1. The van der Waals surface area contributed by atoms with Crippen molar-refractivity contribution >= 4 is 11.9 Å². The summed E-state index contributed by atoms with van der Waals surface area (Å²) in [5.41, 5.74) is -0.523. The Bertz CT molecular complexity index is 474. The van der Waals surface area contributed by atoms with E-state index < -0.39 is 11.6 Å². The number of hydrogen-bond donors (Lipinski definition) is 2. The Kier molecular flexibility index (Phi) is 3.85. The fourth-order valence-corrected chi connectivity index (χ4v) is 2.18. The number of carboxylic acids is 1. The summed E-state index contributed by atoms with van der Waals surface area (Å²) in [5.74, 6) is -1.07. The highest BCUT2D eigenvalue weighted by atomic mass is 16.5. The summed E-state index contributed by atoms with van der Waals surface area (Å²) < 4.78 is 5.30. The third kappa shape index (κ3) is 3.12. The second-order valence-electron chi connectivity index (χ2n) is 4.99. The van der Waals surface area contributed by atoms with E-state index in [9.17, 15) is 9.59 Å². The van der Waals surface area contributed by atoms with Gasteiger partial charge in [0.05, 0.1) is 6.61 Å². The molecule has 2 unspecified atom stereocenters. The van der Waals surface area contributed by atoms with E-state index in [0.29, 0.717) is 25.1 Å². The fourth-order valence-electron chi connectivity index (χ4n) is 2.18. The molecule has 1 fully saturated rings. The zero-order chi connectivity index (χ0) is 13.9. The first-order valence-corrected chi connectivity index (χ1v) is 6.22. The Hall–Kier alpha value is -1.88. The Labute approximate surface area is 111 Å². The largest absolute Gasteiger partial charge is 0.479 e. The second kappa shape index (κ2) is 5.40. The molecule has 1 saturated heterocycles. The molecule has 5 nitrogen and oxygen atoms in total. The molecule has 1 aromatic rings. The topological polar surface area (TPSA) is 75.6 Å². The van der Waals surface area contributed by atoms with E-state index in [1.165, 1.54) is 0 Å². The van der Waals surface area contributed by atoms with Crippen molar-refractivity contribution in [3.05, 3.63) is 35.9 Å². The van der Waals surface area contributed by atoms with E-state index in [0.717, 1.165) is 0 Å². The lowest BCUT2D eigenvalue weighted by atomic mass is 9.96. The number of aliphatic carboxylic acids is 1. The third-order valence-corrected chi connectivity index (χ3v) is 3.36. The molecule has 0 aliphatic carbocycles. The zero-order valence-corrected chi connectivity index (χ0v) is 10.8. The molecule has 1 aliphatic heterocycles. The summed E-state index contributed by atoms with van der Waals surface area (Å²) in [6, 6.07) is 8.92. The van der Waals surface area contributed by atoms with Crippen molar-refractivity contribution in [1.82, 2.24) is 5.32 Å². The lowest BCUT2D eigenvalue weighted by Crippen LogP contribution is -2.35. The molecule has 19 heavy (non-hydrogen) atoms. The maximum absolute atomic E-state index is 11.8. The van der Waals surface area contributed by atoms with Crippen LogP contribution >= 0.6 is 0 Å². The summed E-state index contributed by atoms with van der Waals surface area (Å²) in [4.78, 5) is 22.8. The number of ether oxygens (including phenoxy) is 1. The monoisotopic (exact) mass is 263 g/mol. The number of benzene rings is 1. The van der Waals surface area contributed by atoms with Gasteiger partial charge in [0.15, 0.2) is 5.60 Å². The smallest absolute Gasteiger partial charge is 0.335 e. The van der Waals surface area contributed by atoms with Gasteiger partial charge < -0.3 is 15.2 Å². The second-order valence-corrected chi connectivity index (χ2v) is 4.99. The van der Waals surface area contributed by atoms with Crippen molar-refractivity contribution in [2.45, 2.75) is 18.9 Å². The van der Waals surface area contributed by atoms with Gasteiger partial charge in [-0.15, -0.1) is 0 Å². The molecule has 2 atom stereocenters. The van der Waals surface area contributed by atoms with Crippen LogP contribution in [0.1, 0.15) is 23.7 Å². The van der Waals surface area contributed by atoms with Crippen LogP contribution in [0.15, 0.2) is 30.3 Å². The standard InChI is InChI=1S/C14H17NO4/c1-14(13(17)18)7-10(9-19-14)8-15-12(16)11-5-3-2-4-6-11/h2-6,10H,7-9H2,1H3,(H,15,16)(H,17,18). The highest BCUT2D eigenvalue weighted by molar-refractivity contribution is 5.94. The summed E-state index contributed by atoms with van der Waals surface area (Å²) in [7, 11) is 0. The molecule has 2 N–H and O–H groups in total. The predicted octanol–water partition coefficient (Wildman–Crippen LogP) is 1.30. The molecule has 0 bridgehead atoms. The molecular formula is C14H17NO4. The summed E-state index contributed by atoms with van der Waals surface area (Å²) >= 11 is 0. The first-order chi connectivity index (χ1) is 9.01. The third-order valence-electron chi connectivity index (χ3n) is 3.36. The van der Waals surface area contributed by atoms with E-state index in [1.54, 1.807) is 31.2 Å². The van der Waals surface area contributed by atoms with Crippen molar-refractivity contribution in [3.63, 3.8) is 0 Å². The van der Waals surface area contributed by atoms with Gasteiger partial charge >= 0.3 is 5.97 Å². The van der Waals surface area contributed by atoms with Gasteiger partial charge in [-0.2, -0.15) is 0 Å². The molecule has 0 saturated carbocycles. The van der Waals surface area contributed by atoms with E-state index in [4.69, 9.17) is 9.84 Å². The lowest BCUT2D eigenvalue weighted by Gasteiger charge is -2.16. The average Bonchev–Trinajstić information content (AvgIpc) is 2.80. The van der Waals surface area contributed by atoms with E-state index in [2.05, 4.69) is 5.32 Å². The average molecular weight is 263 g/mol. The predicted molar refractivity (Wildman–Crippen MR) is 68.9 cm³/mol. The van der Waals surface area contributed by atoms with Gasteiger partial charge in [0, 0.05) is 18.0 Å². The quantitative estimate of drug-likeness (QED) is 0.858. The van der Waals surface area contributed by atoms with E-state index in [1.807, 2.05) is 6.07 Å². The normalized spacial score (nSPS) is 26.1. The fraction of sp³-hybridized carbons (Fsp3) is 0.429. The Morgan fingerprint density at radius 2 is 2.11 bits per heavy atom. The maximum Gasteiger partial charge on any atom is 0.335 e. The number of rotatable bonds is 4. The number of nitrogens with one attached hydrogen (secondary N) is 1. The van der Waals surface area contributed by atoms with Gasteiger partial charge in [-0.3, -0.25) is 4.79 Å². The summed E-state index contributed by atoms with van der Waals surface area (Å²) in [6.07, 6.45) is 0.414. The number of amides is 1. The molecule has 2 rings (SSSR count). The van der Waals surface area contributed by atoms with Crippen LogP contribution < -0.4 is 5.32 Å². The van der Waals surface area contributed by atoms with Gasteiger partial charge in [0.25, 0.3) is 5.91 Å². The van der Waals surface area contributed by atoms with Gasteiger partial charge in [0.1, 0.15) is 0 Å². The van der Waals surface area contributed by atoms with Crippen molar-refractivity contribution in [3.8, 4) is 0 Å². The van der Waals surface area contributed by atoms with Crippen LogP contribution in [0.5, 0.6) is 0 Å². The molecular weight excluding hydrogens is 246 g/mol. The van der Waals surface area contributed by atoms with Crippen LogP contribution in [-0.4, -0.2) is 35.7 Å². The summed E-state index contributed by atoms with van der Waals surface area (Å²) in [6.45, 7) is 2.35. The maximum atomic E-state index is 11.8. The van der Waals surface area contributed by atoms with Crippen LogP contribution in [0.2, 0.25) is 0 Å².